The number of rotatable bonds is 34. The number of hydrogen-bond donors (Lipinski definition) is 5. The van der Waals surface area contributed by atoms with Crippen LogP contribution in [-0.4, -0.2) is 51.3 Å². The molecule has 0 saturated carbocycles. The van der Waals surface area contributed by atoms with Crippen molar-refractivity contribution in [2.75, 3.05) is 13.2 Å². The zero-order valence-electron chi connectivity index (χ0n) is 29.3. The first-order chi connectivity index (χ1) is 21.6. The van der Waals surface area contributed by atoms with Gasteiger partial charge in [0, 0.05) is 19.6 Å². The van der Waals surface area contributed by atoms with Gasteiger partial charge in [0.15, 0.2) is 0 Å². The molecule has 2 unspecified atom stereocenters. The fraction of sp³-hybridized carbons (Fsp3) is 0.971. The lowest BCUT2D eigenvalue weighted by Crippen LogP contribution is -2.40. The zero-order valence-corrected chi connectivity index (χ0v) is 30.2. The molecule has 0 rings (SSSR count). The van der Waals surface area contributed by atoms with Crippen molar-refractivity contribution in [3.05, 3.63) is 0 Å². The van der Waals surface area contributed by atoms with E-state index in [2.05, 4.69) is 13.8 Å². The lowest BCUT2D eigenvalue weighted by atomic mass is 10.0. The summed E-state index contributed by atoms with van der Waals surface area (Å²) < 4.78 is 20.7. The monoisotopic (exact) mass is 668 g/mol. The number of phosphoric acid groups is 1. The Bertz CT molecular complexity index is 641. The first kappa shape index (κ1) is 46.6. The molecular weight excluding hydrogens is 593 g/mol. The molecule has 0 aliphatic carbocycles. The molecule has 6 N–H and O–H groups in total. The minimum atomic E-state index is -4.64. The van der Waals surface area contributed by atoms with Gasteiger partial charge < -0.3 is 35.0 Å². The third-order valence-corrected chi connectivity index (χ3v) is 8.15. The molecule has 0 aliphatic rings. The van der Waals surface area contributed by atoms with E-state index in [0.29, 0.717) is 19.6 Å². The van der Waals surface area contributed by atoms with E-state index in [1.165, 1.54) is 154 Å². The van der Waals surface area contributed by atoms with Gasteiger partial charge in [0.2, 0.25) is 0 Å². The molecule has 0 saturated heterocycles. The van der Waals surface area contributed by atoms with Gasteiger partial charge in [-0.05, 0) is 19.3 Å². The van der Waals surface area contributed by atoms with Crippen molar-refractivity contribution in [1.82, 2.24) is 0 Å². The van der Waals surface area contributed by atoms with Crippen molar-refractivity contribution >= 4 is 13.8 Å². The lowest BCUT2D eigenvalue weighted by molar-refractivity contribution is -0.139. The average molecular weight is 668 g/mol. The molecule has 0 aromatic carbocycles. The Balaban J connectivity index is 0. The number of ether oxygens (including phenoxy) is 2. The molecule has 0 amide bonds. The molecule has 272 valence electrons. The number of aliphatic carboxylic acids is 1. The summed E-state index contributed by atoms with van der Waals surface area (Å²) in [5.74, 6) is -0.807. The molecule has 2 atom stereocenters. The van der Waals surface area contributed by atoms with Crippen molar-refractivity contribution in [3.63, 3.8) is 0 Å². The summed E-state index contributed by atoms with van der Waals surface area (Å²) >= 11 is 0. The second-order valence-electron chi connectivity index (χ2n) is 12.7. The van der Waals surface area contributed by atoms with Crippen molar-refractivity contribution in [1.29, 1.82) is 0 Å². The van der Waals surface area contributed by atoms with Gasteiger partial charge in [-0.25, -0.2) is 4.57 Å². The molecule has 0 bridgehead atoms. The Morgan fingerprint density at radius 1 is 0.556 bits per heavy atom. The van der Waals surface area contributed by atoms with Gasteiger partial charge in [-0.15, -0.1) is 0 Å². The number of nitrogens with two attached hydrogens (primary N) is 1. The quantitative estimate of drug-likeness (QED) is 0.0256. The van der Waals surface area contributed by atoms with E-state index in [1.54, 1.807) is 0 Å². The van der Waals surface area contributed by atoms with Gasteiger partial charge >= 0.3 is 13.8 Å². The first-order valence-corrected chi connectivity index (χ1v) is 20.2. The van der Waals surface area contributed by atoms with E-state index >= 15 is 0 Å². The molecule has 45 heavy (non-hydrogen) atoms. The maximum Gasteiger partial charge on any atom is 0.466 e. The van der Waals surface area contributed by atoms with Crippen molar-refractivity contribution in [3.8, 4) is 0 Å². The highest BCUT2D eigenvalue weighted by molar-refractivity contribution is 7.45. The van der Waals surface area contributed by atoms with Crippen LogP contribution in [0.5, 0.6) is 0 Å². The highest BCUT2D eigenvalue weighted by atomic mass is 31.2. The summed E-state index contributed by atoms with van der Waals surface area (Å²) in [6.45, 7) is 5.81. The van der Waals surface area contributed by atoms with E-state index in [1.807, 2.05) is 0 Å². The summed E-state index contributed by atoms with van der Waals surface area (Å²) in [4.78, 5) is 32.6. The van der Waals surface area contributed by atoms with Crippen LogP contribution in [-0.2, 0) is 18.8 Å². The Hall–Kier alpha value is -0.540. The smallest absolute Gasteiger partial charge is 0.466 e. The summed E-state index contributed by atoms with van der Waals surface area (Å²) in [5.41, 5.74) is 6.26. The fourth-order valence-corrected chi connectivity index (χ4v) is 5.41. The predicted octanol–water partition coefficient (Wildman–Crippen LogP) is 9.79. The highest BCUT2D eigenvalue weighted by Gasteiger charge is 2.20. The van der Waals surface area contributed by atoms with Gasteiger partial charge in [0.1, 0.15) is 6.23 Å². The molecule has 0 aliphatic heterocycles. The molecular formula is C35H74NO8P. The van der Waals surface area contributed by atoms with E-state index in [4.69, 9.17) is 39.6 Å². The number of hydrogen-bond acceptors (Lipinski definition) is 5. The third kappa shape index (κ3) is 45.6. The Kier molecular flexibility index (Phi) is 37.6. The number of unbranched alkanes of at least 4 members (excludes halogenated alkanes) is 24. The molecule has 0 fully saturated rings. The van der Waals surface area contributed by atoms with Gasteiger partial charge in [0.25, 0.3) is 0 Å². The Morgan fingerprint density at radius 3 is 1.11 bits per heavy atom. The summed E-state index contributed by atoms with van der Waals surface area (Å²) in [5, 5.41) is 9.10. The largest absolute Gasteiger partial charge is 0.481 e. The molecule has 0 aromatic rings. The van der Waals surface area contributed by atoms with Gasteiger partial charge in [-0.2, -0.15) is 0 Å². The summed E-state index contributed by atoms with van der Waals surface area (Å²) in [6.07, 6.45) is 34.0. The van der Waals surface area contributed by atoms with E-state index < -0.39 is 20.0 Å². The first-order valence-electron chi connectivity index (χ1n) is 18.6. The molecule has 0 radical (unpaired) electrons. The second kappa shape index (κ2) is 36.3. The number of carboxylic acid groups (broad SMARTS) is 1. The molecule has 0 spiro atoms. The molecule has 0 heterocycles. The summed E-state index contributed by atoms with van der Waals surface area (Å²) in [7, 11) is -4.64. The average Bonchev–Trinajstić information content (AvgIpc) is 2.97. The number of carboxylic acids is 1. The standard InChI is InChI=1S/C35H71NO4.H3O4P/c1-3-5-7-9-11-13-15-16-17-18-19-20-22-23-25-27-31-39-33(29-30-34(37)38)35(36)40-32-28-26-24-21-14-12-10-8-6-4-2;1-5(2,3)4/h33,35H,3-32,36H2,1-2H3,(H,37,38);(H3,1,2,3,4). The van der Waals surface area contributed by atoms with Crippen LogP contribution < -0.4 is 5.73 Å². The van der Waals surface area contributed by atoms with Gasteiger partial charge in [-0.3, -0.25) is 4.79 Å². The van der Waals surface area contributed by atoms with E-state index in [9.17, 15) is 4.79 Å². The van der Waals surface area contributed by atoms with Crippen LogP contribution in [0.2, 0.25) is 0 Å². The lowest BCUT2D eigenvalue weighted by Gasteiger charge is -2.24. The Labute approximate surface area is 277 Å². The maximum absolute atomic E-state index is 11.1. The van der Waals surface area contributed by atoms with Gasteiger partial charge in [0.05, 0.1) is 6.10 Å². The zero-order chi connectivity index (χ0) is 33.9. The van der Waals surface area contributed by atoms with Crippen LogP contribution in [0.1, 0.15) is 194 Å². The second-order valence-corrected chi connectivity index (χ2v) is 13.7. The topological polar surface area (TPSA) is 160 Å². The fourth-order valence-electron chi connectivity index (χ4n) is 5.41. The predicted molar refractivity (Wildman–Crippen MR) is 186 cm³/mol. The minimum Gasteiger partial charge on any atom is -0.481 e. The van der Waals surface area contributed by atoms with Crippen LogP contribution in [0.3, 0.4) is 0 Å². The normalized spacial score (nSPS) is 12.9. The maximum atomic E-state index is 11.1. The van der Waals surface area contributed by atoms with Crippen LogP contribution in [0.4, 0.5) is 0 Å². The Morgan fingerprint density at radius 2 is 0.822 bits per heavy atom. The van der Waals surface area contributed by atoms with Gasteiger partial charge in [-0.1, -0.05) is 168 Å². The van der Waals surface area contributed by atoms with E-state index in [0.717, 1.165) is 12.8 Å². The number of carbonyl (C=O) groups is 1. The van der Waals surface area contributed by atoms with Crippen LogP contribution in [0.25, 0.3) is 0 Å². The third-order valence-electron chi connectivity index (χ3n) is 8.15. The SMILES string of the molecule is CCCCCCCCCCCCCCCCCCOC(CCC(=O)O)C(N)OCCCCCCCCCCCC.O=P(O)(O)O. The highest BCUT2D eigenvalue weighted by Crippen LogP contribution is 2.25. The molecule has 9 nitrogen and oxygen atoms in total. The van der Waals surface area contributed by atoms with E-state index in [-0.39, 0.29) is 12.5 Å². The van der Waals surface area contributed by atoms with Crippen molar-refractivity contribution < 1.29 is 38.6 Å². The molecule has 0 aromatic heterocycles. The van der Waals surface area contributed by atoms with Crippen molar-refractivity contribution in [2.45, 2.75) is 206 Å². The van der Waals surface area contributed by atoms with Crippen LogP contribution in [0, 0.1) is 0 Å². The summed E-state index contributed by atoms with van der Waals surface area (Å²) in [6, 6.07) is 0. The van der Waals surface area contributed by atoms with Crippen LogP contribution >= 0.6 is 7.82 Å². The minimum absolute atomic E-state index is 0.0684. The van der Waals surface area contributed by atoms with Crippen molar-refractivity contribution in [2.24, 2.45) is 5.73 Å². The van der Waals surface area contributed by atoms with Crippen LogP contribution in [0.15, 0.2) is 0 Å². The molecule has 10 heteroatoms.